The van der Waals surface area contributed by atoms with Gasteiger partial charge in [0.05, 0.1) is 29.7 Å². The largest absolute Gasteiger partial charge is 0.496 e. The highest BCUT2D eigenvalue weighted by Crippen LogP contribution is 2.27. The first-order valence-electron chi connectivity index (χ1n) is 7.42. The van der Waals surface area contributed by atoms with Crippen molar-refractivity contribution in [2.75, 3.05) is 40.0 Å². The van der Waals surface area contributed by atoms with E-state index in [1.165, 1.54) is 13.2 Å². The minimum Gasteiger partial charge on any atom is -0.496 e. The molecule has 1 saturated heterocycles. The molecule has 2 rings (SSSR count). The van der Waals surface area contributed by atoms with Gasteiger partial charge in [0.15, 0.2) is 0 Å². The predicted octanol–water partition coefficient (Wildman–Crippen LogP) is 1.85. The molecule has 0 amide bonds. The Morgan fingerprint density at radius 2 is 2.00 bits per heavy atom. The van der Waals surface area contributed by atoms with E-state index in [4.69, 9.17) is 9.47 Å². The highest BCUT2D eigenvalue weighted by molar-refractivity contribution is 9.10. The number of ether oxygens (including phenoxy) is 2. The molecule has 0 aliphatic carbocycles. The lowest BCUT2D eigenvalue weighted by molar-refractivity contribution is -0.00803. The first-order valence-corrected chi connectivity index (χ1v) is 9.70. The smallest absolute Gasteiger partial charge is 0.240 e. The van der Waals surface area contributed by atoms with Crippen molar-refractivity contribution in [2.45, 2.75) is 24.3 Å². The highest BCUT2D eigenvalue weighted by atomic mass is 79.9. The molecular weight excluding hydrogens is 384 g/mol. The highest BCUT2D eigenvalue weighted by Gasteiger charge is 2.30. The van der Waals surface area contributed by atoms with Crippen molar-refractivity contribution < 1.29 is 17.9 Å². The van der Waals surface area contributed by atoms with Gasteiger partial charge in [0.1, 0.15) is 5.75 Å². The molecule has 6 nitrogen and oxygen atoms in total. The summed E-state index contributed by atoms with van der Waals surface area (Å²) in [4.78, 5) is 2.45. The molecule has 0 saturated carbocycles. The molecule has 0 atom stereocenters. The number of morpholine rings is 1. The Labute approximate surface area is 146 Å². The van der Waals surface area contributed by atoms with E-state index in [9.17, 15) is 8.42 Å². The van der Waals surface area contributed by atoms with Crippen molar-refractivity contribution >= 4 is 26.0 Å². The quantitative estimate of drug-likeness (QED) is 0.780. The second kappa shape index (κ2) is 7.48. The van der Waals surface area contributed by atoms with Crippen LogP contribution in [0, 0.1) is 0 Å². The van der Waals surface area contributed by atoms with Gasteiger partial charge in [-0.1, -0.05) is 0 Å². The topological polar surface area (TPSA) is 67.9 Å². The third-order valence-corrected chi connectivity index (χ3v) is 6.01. The monoisotopic (exact) mass is 406 g/mol. The van der Waals surface area contributed by atoms with Gasteiger partial charge < -0.3 is 9.47 Å². The van der Waals surface area contributed by atoms with Crippen LogP contribution in [0.5, 0.6) is 5.75 Å². The van der Waals surface area contributed by atoms with Crippen LogP contribution in [0.25, 0.3) is 0 Å². The molecule has 23 heavy (non-hydrogen) atoms. The van der Waals surface area contributed by atoms with Crippen LogP contribution in [-0.2, 0) is 14.8 Å². The Balaban J connectivity index is 2.07. The van der Waals surface area contributed by atoms with E-state index in [2.05, 4.69) is 25.6 Å². The zero-order valence-electron chi connectivity index (χ0n) is 13.6. The second-order valence-electron chi connectivity index (χ2n) is 6.03. The van der Waals surface area contributed by atoms with E-state index in [0.29, 0.717) is 30.0 Å². The molecule has 1 fully saturated rings. The predicted molar refractivity (Wildman–Crippen MR) is 92.4 cm³/mol. The van der Waals surface area contributed by atoms with E-state index in [-0.39, 0.29) is 10.4 Å². The van der Waals surface area contributed by atoms with Crippen molar-refractivity contribution in [3.63, 3.8) is 0 Å². The van der Waals surface area contributed by atoms with Crippen LogP contribution in [-0.4, -0.2) is 58.8 Å². The van der Waals surface area contributed by atoms with E-state index in [1.807, 2.05) is 13.8 Å². The van der Waals surface area contributed by atoms with Gasteiger partial charge in [-0.2, -0.15) is 0 Å². The number of benzene rings is 1. The molecule has 0 spiro atoms. The van der Waals surface area contributed by atoms with E-state index < -0.39 is 10.0 Å². The van der Waals surface area contributed by atoms with Gasteiger partial charge in [0.25, 0.3) is 0 Å². The van der Waals surface area contributed by atoms with Crippen LogP contribution in [0.1, 0.15) is 13.8 Å². The van der Waals surface area contributed by atoms with Gasteiger partial charge in [-0.15, -0.1) is 0 Å². The minimum atomic E-state index is -3.57. The third kappa shape index (κ3) is 4.67. The maximum absolute atomic E-state index is 12.5. The summed E-state index contributed by atoms with van der Waals surface area (Å²) in [6, 6.07) is 4.71. The number of rotatable bonds is 6. The van der Waals surface area contributed by atoms with Crippen LogP contribution in [0.15, 0.2) is 27.6 Å². The Morgan fingerprint density at radius 1 is 1.35 bits per heavy atom. The molecule has 1 N–H and O–H groups in total. The standard InChI is InChI=1S/C15H23BrN2O4S/c1-15(2,18-6-8-22-9-7-18)11-17-23(19,20)12-4-5-14(21-3)13(16)10-12/h4-5,10,17H,6-9,11H2,1-3H3. The summed E-state index contributed by atoms with van der Waals surface area (Å²) in [5, 5.41) is 0. The molecule has 1 heterocycles. The summed E-state index contributed by atoms with van der Waals surface area (Å²) in [6.07, 6.45) is 0. The van der Waals surface area contributed by atoms with Crippen molar-refractivity contribution in [1.29, 1.82) is 0 Å². The van der Waals surface area contributed by atoms with Crippen molar-refractivity contribution in [2.24, 2.45) is 0 Å². The number of sulfonamides is 1. The van der Waals surface area contributed by atoms with Crippen LogP contribution in [0.2, 0.25) is 0 Å². The van der Waals surface area contributed by atoms with Crippen molar-refractivity contribution in [3.05, 3.63) is 22.7 Å². The average Bonchev–Trinajstić information content (AvgIpc) is 2.54. The summed E-state index contributed by atoms with van der Waals surface area (Å²) in [5.41, 5.74) is -0.277. The zero-order chi connectivity index (χ0) is 17.1. The maximum atomic E-state index is 12.5. The molecule has 130 valence electrons. The number of nitrogens with one attached hydrogen (secondary N) is 1. The number of hydrogen-bond donors (Lipinski definition) is 1. The molecular formula is C15H23BrN2O4S. The minimum absolute atomic E-state index is 0.211. The van der Waals surface area contributed by atoms with Crippen LogP contribution < -0.4 is 9.46 Å². The Kier molecular flexibility index (Phi) is 6.07. The van der Waals surface area contributed by atoms with E-state index >= 15 is 0 Å². The first-order chi connectivity index (χ1) is 10.8. The van der Waals surface area contributed by atoms with Crippen LogP contribution >= 0.6 is 15.9 Å². The van der Waals surface area contributed by atoms with Gasteiger partial charge in [0, 0.05) is 25.2 Å². The fourth-order valence-corrected chi connectivity index (χ4v) is 4.37. The lowest BCUT2D eigenvalue weighted by atomic mass is 10.0. The van der Waals surface area contributed by atoms with Gasteiger partial charge in [-0.3, -0.25) is 4.90 Å². The van der Waals surface area contributed by atoms with Gasteiger partial charge >= 0.3 is 0 Å². The second-order valence-corrected chi connectivity index (χ2v) is 8.65. The lowest BCUT2D eigenvalue weighted by Gasteiger charge is -2.40. The van der Waals surface area contributed by atoms with Gasteiger partial charge in [-0.05, 0) is 48.0 Å². The van der Waals surface area contributed by atoms with Gasteiger partial charge in [-0.25, -0.2) is 13.1 Å². The lowest BCUT2D eigenvalue weighted by Crippen LogP contribution is -2.55. The Morgan fingerprint density at radius 3 is 2.57 bits per heavy atom. The zero-order valence-corrected chi connectivity index (χ0v) is 16.0. The fraction of sp³-hybridized carbons (Fsp3) is 0.600. The van der Waals surface area contributed by atoms with Gasteiger partial charge in [0.2, 0.25) is 10.0 Å². The molecule has 0 radical (unpaired) electrons. The number of nitrogens with zero attached hydrogens (tertiary/aromatic N) is 1. The Hall–Kier alpha value is -0.670. The number of hydrogen-bond acceptors (Lipinski definition) is 5. The van der Waals surface area contributed by atoms with Crippen molar-refractivity contribution in [3.8, 4) is 5.75 Å². The summed E-state index contributed by atoms with van der Waals surface area (Å²) in [5.74, 6) is 0.595. The number of halogens is 1. The molecule has 1 aromatic rings. The summed E-state index contributed by atoms with van der Waals surface area (Å²) < 4.78 is 38.8. The summed E-state index contributed by atoms with van der Waals surface area (Å²) >= 11 is 3.31. The fourth-order valence-electron chi connectivity index (χ4n) is 2.45. The molecule has 1 aliphatic heterocycles. The van der Waals surface area contributed by atoms with E-state index in [0.717, 1.165) is 13.1 Å². The molecule has 1 aromatic carbocycles. The SMILES string of the molecule is COc1ccc(S(=O)(=O)NCC(C)(C)N2CCOCC2)cc1Br. The summed E-state index contributed by atoms with van der Waals surface area (Å²) in [6.45, 7) is 7.38. The molecule has 8 heteroatoms. The molecule has 0 bridgehead atoms. The van der Waals surface area contributed by atoms with Crippen molar-refractivity contribution in [1.82, 2.24) is 9.62 Å². The molecule has 1 aliphatic rings. The van der Waals surface area contributed by atoms with Crippen LogP contribution in [0.4, 0.5) is 0 Å². The molecule has 0 unspecified atom stereocenters. The first kappa shape index (κ1) is 18.7. The van der Waals surface area contributed by atoms with Crippen LogP contribution in [0.3, 0.4) is 0 Å². The number of methoxy groups -OCH3 is 1. The summed E-state index contributed by atoms with van der Waals surface area (Å²) in [7, 11) is -2.03. The third-order valence-electron chi connectivity index (χ3n) is 4.00. The normalized spacial score (nSPS) is 17.2. The maximum Gasteiger partial charge on any atom is 0.240 e. The average molecular weight is 407 g/mol. The molecule has 0 aromatic heterocycles. The Bertz CT molecular complexity index is 643. The van der Waals surface area contributed by atoms with E-state index in [1.54, 1.807) is 12.1 Å².